The van der Waals surface area contributed by atoms with Gasteiger partial charge in [-0.15, -0.1) is 0 Å². The van der Waals surface area contributed by atoms with E-state index >= 15 is 0 Å². The van der Waals surface area contributed by atoms with Crippen LogP contribution in [0.2, 0.25) is 58.9 Å². The van der Waals surface area contributed by atoms with Crippen molar-refractivity contribution in [3.63, 3.8) is 0 Å². The van der Waals surface area contributed by atoms with Gasteiger partial charge < -0.3 is 19.5 Å². The molecule has 0 saturated heterocycles. The SMILES string of the molecule is CC(C)O.C[Si](C)(C)O.C[Si](C)(C)O.C[Si](C)(C)O.[Hf]. The molecule has 0 atom stereocenters. The summed E-state index contributed by atoms with van der Waals surface area (Å²) in [5.41, 5.74) is 0. The molecule has 0 fully saturated rings. The Balaban J connectivity index is -0.0000000494. The Hall–Kier alpha value is 1.36. The van der Waals surface area contributed by atoms with Gasteiger partial charge in [0.1, 0.15) is 0 Å². The number of hydrogen-bond acceptors (Lipinski definition) is 4. The van der Waals surface area contributed by atoms with Crippen LogP contribution in [0, 0.1) is 0 Å². The Labute approximate surface area is 148 Å². The molecule has 8 heteroatoms. The van der Waals surface area contributed by atoms with Crippen LogP contribution in [0.25, 0.3) is 0 Å². The van der Waals surface area contributed by atoms with Crippen LogP contribution in [-0.4, -0.2) is 50.5 Å². The van der Waals surface area contributed by atoms with Gasteiger partial charge >= 0.3 is 0 Å². The predicted octanol–water partition coefficient (Wildman–Crippen LogP) is 2.83. The van der Waals surface area contributed by atoms with Crippen LogP contribution in [0.15, 0.2) is 0 Å². The fourth-order valence-electron chi connectivity index (χ4n) is 0. The van der Waals surface area contributed by atoms with Gasteiger partial charge in [0.25, 0.3) is 0 Å². The van der Waals surface area contributed by atoms with Crippen LogP contribution in [-0.2, 0) is 25.8 Å². The van der Waals surface area contributed by atoms with Crippen molar-refractivity contribution in [1.29, 1.82) is 0 Å². The summed E-state index contributed by atoms with van der Waals surface area (Å²) in [5, 5.41) is 8.06. The summed E-state index contributed by atoms with van der Waals surface area (Å²) in [6.07, 6.45) is -0.167. The van der Waals surface area contributed by atoms with E-state index in [-0.39, 0.29) is 31.9 Å². The van der Waals surface area contributed by atoms with Crippen LogP contribution >= 0.6 is 0 Å². The molecule has 0 aromatic carbocycles. The van der Waals surface area contributed by atoms with Gasteiger partial charge in [0, 0.05) is 31.9 Å². The van der Waals surface area contributed by atoms with E-state index in [0.717, 1.165) is 0 Å². The van der Waals surface area contributed by atoms with Gasteiger partial charge in [-0.25, -0.2) is 0 Å². The van der Waals surface area contributed by atoms with Crippen molar-refractivity contribution in [2.24, 2.45) is 0 Å². The molecule has 0 aliphatic rings. The molecular formula is C12H38HfO4Si3. The minimum Gasteiger partial charge on any atom is -0.433 e. The molecule has 126 valence electrons. The van der Waals surface area contributed by atoms with E-state index in [9.17, 15) is 0 Å². The Morgan fingerprint density at radius 2 is 0.550 bits per heavy atom. The average Bonchev–Trinajstić information content (AvgIpc) is 1.66. The quantitative estimate of drug-likeness (QED) is 0.379. The third-order valence-electron chi connectivity index (χ3n) is 0. The summed E-state index contributed by atoms with van der Waals surface area (Å²) >= 11 is 0. The van der Waals surface area contributed by atoms with Gasteiger partial charge in [-0.3, -0.25) is 0 Å². The summed E-state index contributed by atoms with van der Waals surface area (Å²) in [4.78, 5) is 26.0. The molecule has 0 aliphatic carbocycles. The first-order valence-corrected chi connectivity index (χ1v) is 16.9. The maximum absolute atomic E-state index is 8.66. The van der Waals surface area contributed by atoms with Crippen LogP contribution in [0.3, 0.4) is 0 Å². The van der Waals surface area contributed by atoms with E-state index in [4.69, 9.17) is 19.5 Å². The molecule has 0 aromatic heterocycles. The molecule has 4 nitrogen and oxygen atoms in total. The van der Waals surface area contributed by atoms with E-state index in [1.165, 1.54) is 0 Å². The van der Waals surface area contributed by atoms with Gasteiger partial charge in [0.2, 0.25) is 0 Å². The van der Waals surface area contributed by atoms with Gasteiger partial charge in [-0.05, 0) is 72.8 Å². The minimum absolute atomic E-state index is 0. The maximum atomic E-state index is 8.66. The van der Waals surface area contributed by atoms with Crippen molar-refractivity contribution in [3.8, 4) is 0 Å². The van der Waals surface area contributed by atoms with Gasteiger partial charge in [-0.1, -0.05) is 0 Å². The van der Waals surface area contributed by atoms with Gasteiger partial charge in [0.05, 0.1) is 0 Å². The third-order valence-corrected chi connectivity index (χ3v) is 0. The second kappa shape index (κ2) is 15.3. The number of hydrogen-bond donors (Lipinski definition) is 4. The van der Waals surface area contributed by atoms with Gasteiger partial charge in [-0.2, -0.15) is 0 Å². The summed E-state index contributed by atoms with van der Waals surface area (Å²) in [6, 6.07) is 0. The fraction of sp³-hybridized carbons (Fsp3) is 1.00. The maximum Gasteiger partial charge on any atom is 0.179 e. The molecule has 0 aliphatic heterocycles. The van der Waals surface area contributed by atoms with E-state index in [2.05, 4.69) is 0 Å². The number of aliphatic hydroxyl groups excluding tert-OH is 1. The number of rotatable bonds is 0. The van der Waals surface area contributed by atoms with Crippen LogP contribution < -0.4 is 0 Å². The summed E-state index contributed by atoms with van der Waals surface area (Å²) < 4.78 is 0. The van der Waals surface area contributed by atoms with Crippen LogP contribution in [0.1, 0.15) is 13.8 Å². The molecule has 20 heavy (non-hydrogen) atoms. The Bertz CT molecular complexity index is 135. The molecule has 0 saturated carbocycles. The van der Waals surface area contributed by atoms with Crippen molar-refractivity contribution in [2.45, 2.75) is 78.9 Å². The van der Waals surface area contributed by atoms with Crippen molar-refractivity contribution in [2.75, 3.05) is 0 Å². The molecule has 0 amide bonds. The smallest absolute Gasteiger partial charge is 0.179 e. The summed E-state index contributed by atoms with van der Waals surface area (Å²) in [5.74, 6) is 0. The molecule has 0 spiro atoms. The number of aliphatic hydroxyl groups is 1. The first-order valence-electron chi connectivity index (χ1n) is 6.58. The molecule has 0 radical (unpaired) electrons. The minimum atomic E-state index is -1.61. The van der Waals surface area contributed by atoms with Crippen molar-refractivity contribution < 1.29 is 45.3 Å². The van der Waals surface area contributed by atoms with Crippen LogP contribution in [0.4, 0.5) is 0 Å². The Morgan fingerprint density at radius 3 is 0.550 bits per heavy atom. The average molecular weight is 509 g/mol. The molecule has 0 rings (SSSR count). The van der Waals surface area contributed by atoms with E-state index in [1.54, 1.807) is 13.8 Å². The first-order chi connectivity index (χ1) is 7.73. The zero-order chi connectivity index (χ0) is 17.1. The normalized spacial score (nSPS) is 10.8. The molecule has 0 bridgehead atoms. The van der Waals surface area contributed by atoms with E-state index in [1.807, 2.05) is 58.9 Å². The second-order valence-electron chi connectivity index (χ2n) is 7.61. The largest absolute Gasteiger partial charge is 0.433 e. The van der Waals surface area contributed by atoms with E-state index in [0.29, 0.717) is 0 Å². The van der Waals surface area contributed by atoms with Crippen molar-refractivity contribution in [3.05, 3.63) is 0 Å². The molecule has 0 heterocycles. The second-order valence-corrected chi connectivity index (χ2v) is 20.6. The fourth-order valence-corrected chi connectivity index (χ4v) is 0. The monoisotopic (exact) mass is 510 g/mol. The van der Waals surface area contributed by atoms with Crippen molar-refractivity contribution in [1.82, 2.24) is 0 Å². The summed E-state index contributed by atoms with van der Waals surface area (Å²) in [6.45, 7) is 20.4. The topological polar surface area (TPSA) is 80.9 Å². The van der Waals surface area contributed by atoms with Gasteiger partial charge in [0.15, 0.2) is 25.0 Å². The van der Waals surface area contributed by atoms with Crippen LogP contribution in [0.5, 0.6) is 0 Å². The third kappa shape index (κ3) is 3520. The van der Waals surface area contributed by atoms with Crippen molar-refractivity contribution >= 4 is 25.0 Å². The zero-order valence-electron chi connectivity index (χ0n) is 15.4. The molecule has 0 unspecified atom stereocenters. The Kier molecular flexibility index (Phi) is 25.2. The van der Waals surface area contributed by atoms with E-state index < -0.39 is 25.0 Å². The molecular weight excluding hydrogens is 471 g/mol. The first kappa shape index (κ1) is 33.1. The zero-order valence-corrected chi connectivity index (χ0v) is 22.0. The predicted molar refractivity (Wildman–Crippen MR) is 94.0 cm³/mol. The summed E-state index contributed by atoms with van der Waals surface area (Å²) in [7, 11) is -4.83. The molecule has 0 aromatic rings. The Morgan fingerprint density at radius 1 is 0.550 bits per heavy atom. The standard InChI is InChI=1S/3C3H10OSi.C3H8O.Hf/c3*1-5(2,3)4;1-3(2)4;/h3*4H,1-3H3;3-4H,1-2H3;. The molecule has 4 N–H and O–H groups in total.